The lowest BCUT2D eigenvalue weighted by Crippen LogP contribution is -2.10. The number of nitrogens with two attached hydrogens (primary N) is 2. The van der Waals surface area contributed by atoms with Crippen molar-refractivity contribution in [2.45, 2.75) is 31.6 Å². The number of hydrogen-bond donors (Lipinski definition) is 3. The number of nitrogen functional groups attached to an aromatic ring is 2. The van der Waals surface area contributed by atoms with Crippen LogP contribution in [0.3, 0.4) is 0 Å². The second kappa shape index (κ2) is 4.31. The molecule has 0 saturated carbocycles. The van der Waals surface area contributed by atoms with Gasteiger partial charge in [-0.3, -0.25) is 4.55 Å². The van der Waals surface area contributed by atoms with Crippen LogP contribution in [-0.4, -0.2) is 13.0 Å². The van der Waals surface area contributed by atoms with Gasteiger partial charge in [0.25, 0.3) is 10.1 Å². The first kappa shape index (κ1) is 12.8. The molecule has 90 valence electrons. The van der Waals surface area contributed by atoms with Crippen LogP contribution in [0.15, 0.2) is 11.0 Å². The Morgan fingerprint density at radius 1 is 1.19 bits per heavy atom. The zero-order valence-corrected chi connectivity index (χ0v) is 10.1. The molecule has 0 aliphatic rings. The van der Waals surface area contributed by atoms with Gasteiger partial charge in [-0.1, -0.05) is 13.8 Å². The molecular weight excluding hydrogens is 228 g/mol. The molecule has 0 fully saturated rings. The smallest absolute Gasteiger partial charge is 0.294 e. The average Bonchev–Trinajstić information content (AvgIpc) is 2.16. The summed E-state index contributed by atoms with van der Waals surface area (Å²) in [6, 6.07) is 1.27. The third-order valence-corrected chi connectivity index (χ3v) is 3.49. The van der Waals surface area contributed by atoms with E-state index in [0.29, 0.717) is 29.8 Å². The molecule has 0 atom stereocenters. The van der Waals surface area contributed by atoms with E-state index in [-0.39, 0.29) is 4.90 Å². The summed E-state index contributed by atoms with van der Waals surface area (Å²) in [5.74, 6) is 0. The predicted octanol–water partition coefficient (Wildman–Crippen LogP) is 1.22. The quantitative estimate of drug-likeness (QED) is 0.547. The fourth-order valence-electron chi connectivity index (χ4n) is 1.78. The Morgan fingerprint density at radius 3 is 2.06 bits per heavy atom. The molecule has 0 aliphatic heterocycles. The van der Waals surface area contributed by atoms with E-state index in [0.717, 1.165) is 5.56 Å². The Kier molecular flexibility index (Phi) is 3.44. The SMILES string of the molecule is CCc1c(N)cc(S(=O)(=O)O)c(CC)c1N. The van der Waals surface area contributed by atoms with Gasteiger partial charge in [0.2, 0.25) is 0 Å². The predicted molar refractivity (Wildman–Crippen MR) is 63.8 cm³/mol. The van der Waals surface area contributed by atoms with E-state index in [1.807, 2.05) is 6.92 Å². The van der Waals surface area contributed by atoms with Crippen LogP contribution in [-0.2, 0) is 23.0 Å². The molecule has 1 rings (SSSR count). The van der Waals surface area contributed by atoms with Gasteiger partial charge in [-0.2, -0.15) is 8.42 Å². The molecule has 0 saturated heterocycles. The Balaban J connectivity index is 3.67. The summed E-state index contributed by atoms with van der Waals surface area (Å²) in [6.45, 7) is 3.66. The van der Waals surface area contributed by atoms with Gasteiger partial charge in [-0.25, -0.2) is 0 Å². The van der Waals surface area contributed by atoms with E-state index in [1.54, 1.807) is 6.92 Å². The van der Waals surface area contributed by atoms with E-state index in [4.69, 9.17) is 16.0 Å². The highest BCUT2D eigenvalue weighted by atomic mass is 32.2. The number of benzene rings is 1. The Labute approximate surface area is 95.2 Å². The van der Waals surface area contributed by atoms with Crippen LogP contribution in [0.2, 0.25) is 0 Å². The monoisotopic (exact) mass is 244 g/mol. The molecule has 0 heterocycles. The Bertz CT molecular complexity index is 509. The van der Waals surface area contributed by atoms with Crippen LogP contribution in [0.5, 0.6) is 0 Å². The molecule has 0 spiro atoms. The first-order valence-corrected chi connectivity index (χ1v) is 6.44. The lowest BCUT2D eigenvalue weighted by Gasteiger charge is -2.14. The van der Waals surface area contributed by atoms with Crippen LogP contribution in [0.25, 0.3) is 0 Å². The second-order valence-electron chi connectivity index (χ2n) is 3.52. The van der Waals surface area contributed by atoms with E-state index < -0.39 is 10.1 Å². The number of hydrogen-bond acceptors (Lipinski definition) is 4. The lowest BCUT2D eigenvalue weighted by atomic mass is 10.0. The zero-order chi connectivity index (χ0) is 12.5. The third-order valence-electron chi connectivity index (χ3n) is 2.57. The highest BCUT2D eigenvalue weighted by molar-refractivity contribution is 7.85. The first-order chi connectivity index (χ1) is 7.32. The third kappa shape index (κ3) is 2.12. The summed E-state index contributed by atoms with van der Waals surface area (Å²) in [7, 11) is -4.28. The van der Waals surface area contributed by atoms with Crippen LogP contribution in [0.1, 0.15) is 25.0 Å². The molecule has 1 aromatic rings. The maximum absolute atomic E-state index is 11.2. The summed E-state index contributed by atoms with van der Waals surface area (Å²) in [6.07, 6.45) is 1.05. The van der Waals surface area contributed by atoms with Gasteiger partial charge >= 0.3 is 0 Å². The van der Waals surface area contributed by atoms with Gasteiger partial charge in [0.1, 0.15) is 4.90 Å². The second-order valence-corrected chi connectivity index (χ2v) is 4.91. The standard InChI is InChI=1S/C10H16N2O3S/c1-3-6-8(11)5-9(16(13,14)15)7(4-2)10(6)12/h5H,3-4,11-12H2,1-2H3,(H,13,14,15). The van der Waals surface area contributed by atoms with Crippen LogP contribution < -0.4 is 11.5 Å². The fourth-order valence-corrected chi connectivity index (χ4v) is 2.62. The van der Waals surface area contributed by atoms with Gasteiger partial charge < -0.3 is 11.5 Å². The van der Waals surface area contributed by atoms with Crippen molar-refractivity contribution >= 4 is 21.5 Å². The van der Waals surface area contributed by atoms with Gasteiger partial charge in [0, 0.05) is 11.4 Å². The number of rotatable bonds is 3. The van der Waals surface area contributed by atoms with Gasteiger partial charge in [-0.15, -0.1) is 0 Å². The largest absolute Gasteiger partial charge is 0.398 e. The van der Waals surface area contributed by atoms with Crippen LogP contribution in [0, 0.1) is 0 Å². The van der Waals surface area contributed by atoms with Crippen LogP contribution >= 0.6 is 0 Å². The van der Waals surface area contributed by atoms with Crippen molar-refractivity contribution in [3.63, 3.8) is 0 Å². The summed E-state index contributed by atoms with van der Waals surface area (Å²) in [5.41, 5.74) is 13.4. The number of anilines is 2. The Hall–Kier alpha value is -1.27. The Morgan fingerprint density at radius 2 is 1.69 bits per heavy atom. The molecule has 0 aromatic heterocycles. The van der Waals surface area contributed by atoms with E-state index in [1.165, 1.54) is 6.07 Å². The highest BCUT2D eigenvalue weighted by Crippen LogP contribution is 2.31. The van der Waals surface area contributed by atoms with Crippen molar-refractivity contribution in [3.05, 3.63) is 17.2 Å². The summed E-state index contributed by atoms with van der Waals surface area (Å²) in [5, 5.41) is 0. The molecule has 0 amide bonds. The van der Waals surface area contributed by atoms with Crippen LogP contribution in [0.4, 0.5) is 11.4 Å². The van der Waals surface area contributed by atoms with Crippen molar-refractivity contribution in [3.8, 4) is 0 Å². The average molecular weight is 244 g/mol. The maximum atomic E-state index is 11.2. The maximum Gasteiger partial charge on any atom is 0.294 e. The zero-order valence-electron chi connectivity index (χ0n) is 9.32. The van der Waals surface area contributed by atoms with Crippen molar-refractivity contribution in [2.24, 2.45) is 0 Å². The molecule has 0 unspecified atom stereocenters. The highest BCUT2D eigenvalue weighted by Gasteiger charge is 2.20. The van der Waals surface area contributed by atoms with Crippen molar-refractivity contribution in [1.82, 2.24) is 0 Å². The van der Waals surface area contributed by atoms with Gasteiger partial charge in [-0.05, 0) is 30.0 Å². The summed E-state index contributed by atoms with van der Waals surface area (Å²) >= 11 is 0. The molecule has 1 aromatic carbocycles. The van der Waals surface area contributed by atoms with E-state index in [2.05, 4.69) is 0 Å². The topological polar surface area (TPSA) is 106 Å². The molecule has 5 N–H and O–H groups in total. The minimum atomic E-state index is -4.28. The van der Waals surface area contributed by atoms with Gasteiger partial charge in [0.15, 0.2) is 0 Å². The van der Waals surface area contributed by atoms with Crippen molar-refractivity contribution in [2.75, 3.05) is 11.5 Å². The minimum Gasteiger partial charge on any atom is -0.398 e. The molecule has 16 heavy (non-hydrogen) atoms. The lowest BCUT2D eigenvalue weighted by molar-refractivity contribution is 0.482. The van der Waals surface area contributed by atoms with Crippen molar-refractivity contribution < 1.29 is 13.0 Å². The molecule has 5 nitrogen and oxygen atoms in total. The van der Waals surface area contributed by atoms with Crippen molar-refractivity contribution in [1.29, 1.82) is 0 Å². The van der Waals surface area contributed by atoms with E-state index in [9.17, 15) is 8.42 Å². The molecule has 0 bridgehead atoms. The van der Waals surface area contributed by atoms with Gasteiger partial charge in [0.05, 0.1) is 0 Å². The molecule has 0 aliphatic carbocycles. The molecule has 0 radical (unpaired) electrons. The minimum absolute atomic E-state index is 0.192. The van der Waals surface area contributed by atoms with E-state index >= 15 is 0 Å². The molecular formula is C10H16N2O3S. The summed E-state index contributed by atoms with van der Waals surface area (Å²) < 4.78 is 31.4. The normalized spacial score (nSPS) is 11.7. The molecule has 6 heteroatoms. The fraction of sp³-hybridized carbons (Fsp3) is 0.400. The first-order valence-electron chi connectivity index (χ1n) is 5.00. The summed E-state index contributed by atoms with van der Waals surface area (Å²) in [4.78, 5) is -0.192.